The molecule has 0 bridgehead atoms. The van der Waals surface area contributed by atoms with Crippen molar-refractivity contribution in [3.05, 3.63) is 60.0 Å². The van der Waals surface area contributed by atoms with Gasteiger partial charge in [0.25, 0.3) is 0 Å². The molecule has 4 aromatic rings. The van der Waals surface area contributed by atoms with Crippen LogP contribution in [0.3, 0.4) is 0 Å². The molecule has 7 nitrogen and oxygen atoms in total. The molecule has 1 aliphatic rings. The minimum absolute atomic E-state index is 0.264. The van der Waals surface area contributed by atoms with E-state index in [9.17, 15) is 4.39 Å². The normalized spacial score (nSPS) is 14.6. The number of rotatable bonds is 6. The van der Waals surface area contributed by atoms with Crippen molar-refractivity contribution in [1.82, 2.24) is 25.2 Å². The van der Waals surface area contributed by atoms with Crippen molar-refractivity contribution < 1.29 is 4.39 Å². The van der Waals surface area contributed by atoms with Crippen LogP contribution in [-0.2, 0) is 6.54 Å². The van der Waals surface area contributed by atoms with Crippen molar-refractivity contribution >= 4 is 38.5 Å². The minimum Gasteiger partial charge on any atom is -0.373 e. The maximum atomic E-state index is 13.4. The van der Waals surface area contributed by atoms with Crippen LogP contribution in [0.15, 0.2) is 48.7 Å². The molecule has 0 atom stereocenters. The van der Waals surface area contributed by atoms with E-state index in [1.165, 1.54) is 29.0 Å². The first kappa shape index (κ1) is 20.7. The second kappa shape index (κ2) is 9.15. The summed E-state index contributed by atoms with van der Waals surface area (Å²) in [6.07, 6.45) is 1.83. The third kappa shape index (κ3) is 4.55. The fourth-order valence-corrected chi connectivity index (χ4v) is 4.69. The Hall–Kier alpha value is -3.14. The number of aromatic nitrogens is 3. The van der Waals surface area contributed by atoms with Gasteiger partial charge < -0.3 is 16.0 Å². The molecule has 0 saturated carbocycles. The maximum absolute atomic E-state index is 13.4. The molecule has 164 valence electrons. The largest absolute Gasteiger partial charge is 0.373 e. The predicted octanol–water partition coefficient (Wildman–Crippen LogP) is 4.08. The van der Waals surface area contributed by atoms with Gasteiger partial charge >= 0.3 is 0 Å². The number of halogens is 1. The van der Waals surface area contributed by atoms with E-state index in [1.54, 1.807) is 12.1 Å². The van der Waals surface area contributed by atoms with E-state index < -0.39 is 0 Å². The van der Waals surface area contributed by atoms with Gasteiger partial charge in [0.15, 0.2) is 5.13 Å². The summed E-state index contributed by atoms with van der Waals surface area (Å²) >= 11 is 1.47. The van der Waals surface area contributed by atoms with E-state index in [-0.39, 0.29) is 5.82 Å². The van der Waals surface area contributed by atoms with Crippen LogP contribution in [0.4, 0.5) is 21.2 Å². The number of anilines is 3. The Balaban J connectivity index is 1.43. The quantitative estimate of drug-likeness (QED) is 0.409. The van der Waals surface area contributed by atoms with Gasteiger partial charge in [-0.15, -0.1) is 0 Å². The smallest absolute Gasteiger partial charge is 0.190 e. The van der Waals surface area contributed by atoms with Crippen LogP contribution in [0.5, 0.6) is 0 Å². The van der Waals surface area contributed by atoms with Gasteiger partial charge in [0.05, 0.1) is 0 Å². The molecule has 1 saturated heterocycles. The Morgan fingerprint density at radius 3 is 2.66 bits per heavy atom. The highest BCUT2D eigenvalue weighted by atomic mass is 32.1. The SMILES string of the molecule is CNc1cc(-c2ccc(F)cc2)c2nc(Nc3cc(CN4CCNCC4)ccn3)sc2n1. The van der Waals surface area contributed by atoms with E-state index >= 15 is 0 Å². The molecule has 0 radical (unpaired) electrons. The highest BCUT2D eigenvalue weighted by Gasteiger charge is 2.15. The van der Waals surface area contributed by atoms with Gasteiger partial charge in [0.1, 0.15) is 27.8 Å². The molecule has 0 amide bonds. The number of hydrogen-bond donors (Lipinski definition) is 3. The number of thiazole rings is 1. The number of piperazine rings is 1. The Kier molecular flexibility index (Phi) is 5.93. The number of pyridine rings is 2. The van der Waals surface area contributed by atoms with Gasteiger partial charge in [-0.25, -0.2) is 19.3 Å². The first-order valence-electron chi connectivity index (χ1n) is 10.6. The van der Waals surface area contributed by atoms with Crippen molar-refractivity contribution in [2.24, 2.45) is 0 Å². The minimum atomic E-state index is -0.264. The highest BCUT2D eigenvalue weighted by Crippen LogP contribution is 2.35. The predicted molar refractivity (Wildman–Crippen MR) is 128 cm³/mol. The molecular formula is C23H24FN7S. The molecule has 1 aromatic carbocycles. The number of hydrogen-bond acceptors (Lipinski definition) is 8. The van der Waals surface area contributed by atoms with Crippen molar-refractivity contribution in [3.63, 3.8) is 0 Å². The lowest BCUT2D eigenvalue weighted by Crippen LogP contribution is -2.42. The molecule has 9 heteroatoms. The monoisotopic (exact) mass is 449 g/mol. The molecule has 3 aromatic heterocycles. The van der Waals surface area contributed by atoms with Crippen molar-refractivity contribution in [2.75, 3.05) is 43.9 Å². The lowest BCUT2D eigenvalue weighted by molar-refractivity contribution is 0.233. The summed E-state index contributed by atoms with van der Waals surface area (Å²) in [7, 11) is 1.83. The summed E-state index contributed by atoms with van der Waals surface area (Å²) in [6, 6.07) is 12.5. The zero-order chi connectivity index (χ0) is 21.9. The van der Waals surface area contributed by atoms with E-state index in [0.717, 1.165) is 71.0 Å². The van der Waals surface area contributed by atoms with Crippen molar-refractivity contribution in [2.45, 2.75) is 6.54 Å². The Morgan fingerprint density at radius 2 is 1.88 bits per heavy atom. The topological polar surface area (TPSA) is 78.0 Å². The Labute approximate surface area is 189 Å². The highest BCUT2D eigenvalue weighted by molar-refractivity contribution is 7.21. The van der Waals surface area contributed by atoms with Crippen LogP contribution in [0, 0.1) is 5.82 Å². The number of fused-ring (bicyclic) bond motifs is 1. The first-order valence-corrected chi connectivity index (χ1v) is 11.4. The second-order valence-corrected chi connectivity index (χ2v) is 8.66. The number of nitrogens with zero attached hydrogens (tertiary/aromatic N) is 4. The molecule has 3 N–H and O–H groups in total. The van der Waals surface area contributed by atoms with E-state index in [0.29, 0.717) is 0 Å². The fourth-order valence-electron chi connectivity index (χ4n) is 3.82. The van der Waals surface area contributed by atoms with Crippen molar-refractivity contribution in [3.8, 4) is 11.1 Å². The average molecular weight is 450 g/mol. The molecule has 5 rings (SSSR count). The molecule has 4 heterocycles. The summed E-state index contributed by atoms with van der Waals surface area (Å²) in [5.41, 5.74) is 3.79. The van der Waals surface area contributed by atoms with Gasteiger partial charge in [-0.2, -0.15) is 0 Å². The molecule has 1 fully saturated rings. The summed E-state index contributed by atoms with van der Waals surface area (Å²) < 4.78 is 13.4. The zero-order valence-corrected chi connectivity index (χ0v) is 18.5. The first-order chi connectivity index (χ1) is 15.7. The molecule has 0 spiro atoms. The molecule has 0 aliphatic carbocycles. The Bertz CT molecular complexity index is 1220. The number of nitrogens with one attached hydrogen (secondary N) is 3. The van der Waals surface area contributed by atoms with Crippen LogP contribution >= 0.6 is 11.3 Å². The van der Waals surface area contributed by atoms with Gasteiger partial charge in [-0.1, -0.05) is 23.5 Å². The van der Waals surface area contributed by atoms with Crippen LogP contribution in [0.1, 0.15) is 5.56 Å². The van der Waals surface area contributed by atoms with Gasteiger partial charge in [-0.3, -0.25) is 4.90 Å². The van der Waals surface area contributed by atoms with E-state index in [2.05, 4.69) is 43.0 Å². The van der Waals surface area contributed by atoms with E-state index in [1.807, 2.05) is 19.3 Å². The number of benzene rings is 1. The molecule has 0 unspecified atom stereocenters. The molecular weight excluding hydrogens is 425 g/mol. The average Bonchev–Trinajstić information content (AvgIpc) is 3.22. The fraction of sp³-hybridized carbons (Fsp3) is 0.261. The summed E-state index contributed by atoms with van der Waals surface area (Å²) in [5, 5.41) is 10.5. The van der Waals surface area contributed by atoms with Crippen molar-refractivity contribution in [1.29, 1.82) is 0 Å². The van der Waals surface area contributed by atoms with Gasteiger partial charge in [0, 0.05) is 51.5 Å². The third-order valence-electron chi connectivity index (χ3n) is 5.45. The Morgan fingerprint density at radius 1 is 1.06 bits per heavy atom. The lowest BCUT2D eigenvalue weighted by Gasteiger charge is -2.27. The van der Waals surface area contributed by atoms with E-state index in [4.69, 9.17) is 4.98 Å². The van der Waals surface area contributed by atoms with Crippen LogP contribution in [0.25, 0.3) is 21.5 Å². The standard InChI is InChI=1S/C23H24FN7S/c1-25-19-13-18(16-2-4-17(24)5-3-16)21-22(28-19)32-23(30-21)29-20-12-15(6-7-27-20)14-31-10-8-26-9-11-31/h2-7,12-13,26H,8-11,14H2,1H3,(H,25,28)(H,27,29,30). The summed E-state index contributed by atoms with van der Waals surface area (Å²) in [5.74, 6) is 1.23. The van der Waals surface area contributed by atoms with Gasteiger partial charge in [0.2, 0.25) is 0 Å². The molecule has 1 aliphatic heterocycles. The second-order valence-electron chi connectivity index (χ2n) is 7.69. The third-order valence-corrected chi connectivity index (χ3v) is 6.32. The lowest BCUT2D eigenvalue weighted by atomic mass is 10.1. The van der Waals surface area contributed by atoms with Gasteiger partial charge in [-0.05, 0) is 41.5 Å². The maximum Gasteiger partial charge on any atom is 0.190 e. The van der Waals surface area contributed by atoms with Crippen LogP contribution in [-0.4, -0.2) is 53.1 Å². The summed E-state index contributed by atoms with van der Waals surface area (Å²) in [4.78, 5) is 17.2. The van der Waals surface area contributed by atoms with Crippen LogP contribution in [0.2, 0.25) is 0 Å². The van der Waals surface area contributed by atoms with Crippen LogP contribution < -0.4 is 16.0 Å². The summed E-state index contributed by atoms with van der Waals surface area (Å²) in [6.45, 7) is 5.06. The zero-order valence-electron chi connectivity index (χ0n) is 17.7. The molecule has 32 heavy (non-hydrogen) atoms.